The molecule has 2 aliphatic rings. The van der Waals surface area contributed by atoms with Gasteiger partial charge in [-0.1, -0.05) is 86.3 Å². The van der Waals surface area contributed by atoms with E-state index in [1.807, 2.05) is 30.3 Å². The largest absolute Gasteiger partial charge is 0.445 e. The lowest BCUT2D eigenvalue weighted by atomic mass is 9.89. The van der Waals surface area contributed by atoms with Crippen LogP contribution in [0.2, 0.25) is 0 Å². The smallest absolute Gasteiger partial charge is 0.407 e. The first-order valence-electron chi connectivity index (χ1n) is 16.5. The zero-order valence-corrected chi connectivity index (χ0v) is 27.3. The van der Waals surface area contributed by atoms with E-state index >= 15 is 0 Å². The second kappa shape index (κ2) is 16.0. The monoisotopic (exact) mass is 649 g/mol. The Kier molecular flexibility index (Phi) is 11.1. The lowest BCUT2D eigenvalue weighted by Crippen LogP contribution is -2.51. The predicted molar refractivity (Wildman–Crippen MR) is 184 cm³/mol. The van der Waals surface area contributed by atoms with Gasteiger partial charge in [0, 0.05) is 63.1 Å². The van der Waals surface area contributed by atoms with E-state index in [9.17, 15) is 9.90 Å². The fraction of sp³-hybridized carbons (Fsp3) is 0.342. The highest BCUT2D eigenvalue weighted by Crippen LogP contribution is 2.42. The number of nitrogens with one attached hydrogen (secondary N) is 1. The molecule has 2 fully saturated rings. The second-order valence-electron chi connectivity index (χ2n) is 12.2. The highest BCUT2D eigenvalue weighted by molar-refractivity contribution is 5.68. The summed E-state index contributed by atoms with van der Waals surface area (Å²) in [6.07, 6.45) is 3.85. The zero-order valence-electron chi connectivity index (χ0n) is 27.3. The molecule has 2 N–H and O–H groups in total. The number of rotatable bonds is 11. The van der Waals surface area contributed by atoms with Crippen LogP contribution in [0.4, 0.5) is 10.7 Å². The second-order valence-corrected chi connectivity index (χ2v) is 12.2. The third-order valence-electron chi connectivity index (χ3n) is 8.98. The van der Waals surface area contributed by atoms with Crippen LogP contribution in [0.3, 0.4) is 0 Å². The third-order valence-corrected chi connectivity index (χ3v) is 8.98. The van der Waals surface area contributed by atoms with E-state index in [-0.39, 0.29) is 31.3 Å². The molecular formula is C38H43N5O5. The summed E-state index contributed by atoms with van der Waals surface area (Å²) in [4.78, 5) is 25.4. The Morgan fingerprint density at radius 3 is 2.38 bits per heavy atom. The van der Waals surface area contributed by atoms with Crippen molar-refractivity contribution in [1.82, 2.24) is 20.2 Å². The van der Waals surface area contributed by atoms with E-state index in [2.05, 4.69) is 87.1 Å². The van der Waals surface area contributed by atoms with Crippen molar-refractivity contribution in [1.29, 1.82) is 0 Å². The molecule has 0 radical (unpaired) electrons. The minimum Gasteiger partial charge on any atom is -0.445 e. The summed E-state index contributed by atoms with van der Waals surface area (Å²) in [5.74, 6) is 0.872. The first kappa shape index (κ1) is 33.3. The number of aliphatic hydroxyl groups excluding tert-OH is 1. The number of hydrogen-bond acceptors (Lipinski definition) is 9. The fourth-order valence-electron chi connectivity index (χ4n) is 6.22. The Labute approximate surface area is 282 Å². The number of carbonyl (C=O) groups excluding carboxylic acids is 1. The molecule has 4 atom stereocenters. The van der Waals surface area contributed by atoms with Crippen molar-refractivity contribution >= 4 is 12.0 Å². The zero-order chi connectivity index (χ0) is 33.3. The third kappa shape index (κ3) is 8.26. The lowest BCUT2D eigenvalue weighted by molar-refractivity contribution is -0.276. The van der Waals surface area contributed by atoms with Crippen molar-refractivity contribution in [2.45, 2.75) is 38.6 Å². The van der Waals surface area contributed by atoms with Crippen LogP contribution in [-0.2, 0) is 27.4 Å². The van der Waals surface area contributed by atoms with Crippen molar-refractivity contribution in [3.05, 3.63) is 126 Å². The SMILES string of the molecule is C=CCOC(=O)NCc1cccc(-c2ccc([C@@H]3O[C@H](CN4CCN(c5ncccn5)CC4)[C@H](C)[C@H](c4ccc(CO)cc4)O3)cc2)c1. The van der Waals surface area contributed by atoms with Gasteiger partial charge in [0.15, 0.2) is 6.29 Å². The minimum absolute atomic E-state index is 0.00373. The predicted octanol–water partition coefficient (Wildman–Crippen LogP) is 5.66. The maximum absolute atomic E-state index is 11.9. The van der Waals surface area contributed by atoms with Crippen LogP contribution in [0, 0.1) is 5.92 Å². The first-order valence-corrected chi connectivity index (χ1v) is 16.5. The van der Waals surface area contributed by atoms with Crippen LogP contribution in [0.1, 0.15) is 41.6 Å². The number of nitrogens with zero attached hydrogens (tertiary/aromatic N) is 4. The van der Waals surface area contributed by atoms with Crippen LogP contribution >= 0.6 is 0 Å². The Morgan fingerprint density at radius 2 is 1.67 bits per heavy atom. The number of amides is 1. The molecule has 6 rings (SSSR count). The average Bonchev–Trinajstić information content (AvgIpc) is 3.15. The summed E-state index contributed by atoms with van der Waals surface area (Å²) in [7, 11) is 0. The summed E-state index contributed by atoms with van der Waals surface area (Å²) in [5, 5.41) is 12.4. The number of aromatic nitrogens is 2. The molecule has 0 aliphatic carbocycles. The summed E-state index contributed by atoms with van der Waals surface area (Å²) < 4.78 is 18.5. The molecule has 10 heteroatoms. The molecule has 0 spiro atoms. The molecule has 0 unspecified atom stereocenters. The van der Waals surface area contributed by atoms with Gasteiger partial charge in [-0.25, -0.2) is 14.8 Å². The highest BCUT2D eigenvalue weighted by Gasteiger charge is 2.39. The van der Waals surface area contributed by atoms with Crippen molar-refractivity contribution in [3.63, 3.8) is 0 Å². The van der Waals surface area contributed by atoms with Gasteiger partial charge in [0.25, 0.3) is 0 Å². The van der Waals surface area contributed by atoms with Gasteiger partial charge in [-0.15, -0.1) is 0 Å². The van der Waals surface area contributed by atoms with Crippen molar-refractivity contribution in [3.8, 4) is 11.1 Å². The van der Waals surface area contributed by atoms with Crippen LogP contribution in [0.25, 0.3) is 11.1 Å². The maximum Gasteiger partial charge on any atom is 0.407 e. The number of ether oxygens (including phenoxy) is 3. The van der Waals surface area contributed by atoms with E-state index in [4.69, 9.17) is 14.2 Å². The molecule has 1 amide bonds. The van der Waals surface area contributed by atoms with Gasteiger partial charge in [0.05, 0.1) is 18.8 Å². The number of benzene rings is 3. The summed E-state index contributed by atoms with van der Waals surface area (Å²) >= 11 is 0. The van der Waals surface area contributed by atoms with E-state index in [1.165, 1.54) is 6.08 Å². The van der Waals surface area contributed by atoms with Gasteiger partial charge >= 0.3 is 6.09 Å². The van der Waals surface area contributed by atoms with Gasteiger partial charge in [0.1, 0.15) is 6.61 Å². The molecule has 3 aromatic carbocycles. The fourth-order valence-corrected chi connectivity index (χ4v) is 6.22. The Balaban J connectivity index is 1.16. The molecule has 2 saturated heterocycles. The van der Waals surface area contributed by atoms with Crippen molar-refractivity contribution in [2.24, 2.45) is 5.92 Å². The van der Waals surface area contributed by atoms with Gasteiger partial charge in [-0.2, -0.15) is 0 Å². The molecule has 4 aromatic rings. The molecule has 2 aliphatic heterocycles. The van der Waals surface area contributed by atoms with E-state index in [1.54, 1.807) is 12.4 Å². The molecule has 0 bridgehead atoms. The Hall–Kier alpha value is -4.61. The van der Waals surface area contributed by atoms with Gasteiger partial charge < -0.3 is 29.5 Å². The molecule has 10 nitrogen and oxygen atoms in total. The number of carbonyl (C=O) groups is 1. The lowest BCUT2D eigenvalue weighted by Gasteiger charge is -2.44. The number of aliphatic hydroxyl groups is 1. The molecule has 0 saturated carbocycles. The quantitative estimate of drug-likeness (QED) is 0.199. The summed E-state index contributed by atoms with van der Waals surface area (Å²) in [5.41, 5.74) is 5.94. The highest BCUT2D eigenvalue weighted by atomic mass is 16.7. The van der Waals surface area contributed by atoms with Crippen molar-refractivity contribution in [2.75, 3.05) is 44.2 Å². The molecule has 1 aromatic heterocycles. The first-order chi connectivity index (χ1) is 23.5. The van der Waals surface area contributed by atoms with Gasteiger partial charge in [-0.05, 0) is 39.9 Å². The Bertz CT molecular complexity index is 1630. The Morgan fingerprint density at radius 1 is 0.938 bits per heavy atom. The number of piperazine rings is 1. The van der Waals surface area contributed by atoms with Crippen LogP contribution < -0.4 is 10.2 Å². The van der Waals surface area contributed by atoms with Gasteiger partial charge in [-0.3, -0.25) is 4.90 Å². The standard InChI is InChI=1S/C38H43N5O5/c1-3-22-46-38(45)41-24-29-6-4-7-33(23-29)30-12-14-32(15-13-30)36-47-34(27(2)35(48-36)31-10-8-28(26-44)9-11-31)25-42-18-20-43(21-19-42)37-39-16-5-17-40-37/h3-17,23,27,34-36,44H,1,18-22,24-26H2,2H3,(H,41,45)/t27-,34+,35+,36+/m0/s1. The maximum atomic E-state index is 11.9. The van der Waals surface area contributed by atoms with E-state index in [0.717, 1.165) is 72.1 Å². The number of anilines is 1. The number of alkyl carbamates (subject to hydrolysis) is 1. The summed E-state index contributed by atoms with van der Waals surface area (Å²) in [6, 6.07) is 26.2. The van der Waals surface area contributed by atoms with E-state index < -0.39 is 12.4 Å². The van der Waals surface area contributed by atoms with Crippen LogP contribution in [0.15, 0.2) is 104 Å². The summed E-state index contributed by atoms with van der Waals surface area (Å²) in [6.45, 7) is 10.6. The molecular weight excluding hydrogens is 606 g/mol. The molecule has 48 heavy (non-hydrogen) atoms. The average molecular weight is 650 g/mol. The van der Waals surface area contributed by atoms with Crippen molar-refractivity contribution < 1.29 is 24.1 Å². The van der Waals surface area contributed by atoms with Crippen LogP contribution in [0.5, 0.6) is 0 Å². The van der Waals surface area contributed by atoms with E-state index in [0.29, 0.717) is 6.54 Å². The van der Waals surface area contributed by atoms with Crippen LogP contribution in [-0.4, -0.2) is 71.5 Å². The molecule has 250 valence electrons. The number of hydrogen-bond donors (Lipinski definition) is 2. The minimum atomic E-state index is -0.543. The molecule has 3 heterocycles. The van der Waals surface area contributed by atoms with Gasteiger partial charge in [0.2, 0.25) is 5.95 Å². The normalized spacial score (nSPS) is 21.4. The topological polar surface area (TPSA) is 109 Å².